The van der Waals surface area contributed by atoms with Gasteiger partial charge >= 0.3 is 0 Å². The van der Waals surface area contributed by atoms with Gasteiger partial charge in [0, 0.05) is 6.21 Å². The highest BCUT2D eigenvalue weighted by Crippen LogP contribution is 2.08. The van der Waals surface area contributed by atoms with E-state index < -0.39 is 36.6 Å². The second-order valence-electron chi connectivity index (χ2n) is 4.67. The van der Waals surface area contributed by atoms with Crippen molar-refractivity contribution < 1.29 is 25.5 Å². The van der Waals surface area contributed by atoms with Crippen molar-refractivity contribution >= 4 is 6.21 Å². The first-order valence-corrected chi connectivity index (χ1v) is 5.07. The summed E-state index contributed by atoms with van der Waals surface area (Å²) in [6.07, 6.45) is -4.99. The van der Waals surface area contributed by atoms with E-state index in [-0.39, 0.29) is 0 Å². The topological polar surface area (TPSA) is 114 Å². The van der Waals surface area contributed by atoms with E-state index in [4.69, 9.17) is 10.2 Å². The van der Waals surface area contributed by atoms with Crippen LogP contribution in [0.1, 0.15) is 20.8 Å². The molecule has 96 valence electrons. The molecule has 4 atom stereocenters. The highest BCUT2D eigenvalue weighted by atomic mass is 16.4. The van der Waals surface area contributed by atoms with Gasteiger partial charge in [-0.3, -0.25) is 4.99 Å². The molecular weight excluding hydrogens is 214 g/mol. The number of aliphatic hydroxyl groups is 5. The van der Waals surface area contributed by atoms with Crippen LogP contribution in [0.25, 0.3) is 0 Å². The zero-order valence-corrected chi connectivity index (χ0v) is 9.78. The average Bonchev–Trinajstić information content (AvgIpc) is 2.21. The highest BCUT2D eigenvalue weighted by Gasteiger charge is 2.29. The van der Waals surface area contributed by atoms with E-state index in [2.05, 4.69) is 4.99 Å². The Hall–Kier alpha value is -0.530. The molecule has 0 heterocycles. The van der Waals surface area contributed by atoms with Gasteiger partial charge in [-0.2, -0.15) is 0 Å². The molecule has 0 saturated carbocycles. The molecule has 0 unspecified atom stereocenters. The highest BCUT2D eigenvalue weighted by molar-refractivity contribution is 5.64. The predicted molar refractivity (Wildman–Crippen MR) is 59.4 cm³/mol. The summed E-state index contributed by atoms with van der Waals surface area (Å²) in [7, 11) is 0. The number of aliphatic imine (C=N–C) groups is 1. The molecule has 0 spiro atoms. The van der Waals surface area contributed by atoms with Crippen molar-refractivity contribution in [2.45, 2.75) is 50.7 Å². The smallest absolute Gasteiger partial charge is 0.117 e. The molecule has 0 aliphatic heterocycles. The monoisotopic (exact) mass is 235 g/mol. The van der Waals surface area contributed by atoms with Crippen molar-refractivity contribution in [2.24, 2.45) is 4.99 Å². The van der Waals surface area contributed by atoms with Crippen LogP contribution >= 0.6 is 0 Å². The molecule has 0 aromatic carbocycles. The maximum Gasteiger partial charge on any atom is 0.117 e. The van der Waals surface area contributed by atoms with E-state index in [0.717, 1.165) is 6.21 Å². The summed E-state index contributed by atoms with van der Waals surface area (Å²) < 4.78 is 0. The molecule has 0 aliphatic carbocycles. The first kappa shape index (κ1) is 15.5. The van der Waals surface area contributed by atoms with Gasteiger partial charge in [-0.05, 0) is 20.8 Å². The van der Waals surface area contributed by atoms with E-state index in [0.29, 0.717) is 0 Å². The normalized spacial score (nSPS) is 20.8. The summed E-state index contributed by atoms with van der Waals surface area (Å²) in [6, 6.07) is 0. The van der Waals surface area contributed by atoms with Crippen molar-refractivity contribution in [3.05, 3.63) is 0 Å². The van der Waals surface area contributed by atoms with E-state index in [9.17, 15) is 15.3 Å². The third kappa shape index (κ3) is 5.53. The SMILES string of the molecule is CC(C)(C)/N=C\[C@H](O)[C@@H](O)[C@H](O)[C@H](O)CO. The van der Waals surface area contributed by atoms with Crippen molar-refractivity contribution in [1.82, 2.24) is 0 Å². The van der Waals surface area contributed by atoms with E-state index in [1.165, 1.54) is 0 Å². The Morgan fingerprint density at radius 3 is 1.94 bits per heavy atom. The van der Waals surface area contributed by atoms with Crippen LogP contribution in [0.15, 0.2) is 4.99 Å². The standard InChI is InChI=1S/C10H21NO5/c1-10(2,3)11-4-6(13)8(15)9(16)7(14)5-12/h4,6-9,12-16H,5H2,1-3H3/b11-4-/t6-,7+,8+,9+/m0/s1. The summed E-state index contributed by atoms with van der Waals surface area (Å²) in [6.45, 7) is 4.73. The minimum Gasteiger partial charge on any atom is -0.394 e. The average molecular weight is 235 g/mol. The Morgan fingerprint density at radius 1 is 1.06 bits per heavy atom. The largest absolute Gasteiger partial charge is 0.394 e. The molecule has 0 amide bonds. The summed E-state index contributed by atoms with van der Waals surface area (Å²) in [5.41, 5.74) is -0.402. The lowest BCUT2D eigenvalue weighted by Crippen LogP contribution is -2.46. The first-order valence-electron chi connectivity index (χ1n) is 5.07. The molecule has 5 N–H and O–H groups in total. The number of hydrogen-bond donors (Lipinski definition) is 5. The Kier molecular flexibility index (Phi) is 6.06. The molecule has 0 saturated heterocycles. The van der Waals surface area contributed by atoms with Gasteiger partial charge in [-0.15, -0.1) is 0 Å². The number of nitrogens with zero attached hydrogens (tertiary/aromatic N) is 1. The first-order chi connectivity index (χ1) is 7.19. The van der Waals surface area contributed by atoms with E-state index in [1.807, 2.05) is 20.8 Å². The lowest BCUT2D eigenvalue weighted by Gasteiger charge is -2.24. The van der Waals surface area contributed by atoms with Crippen LogP contribution in [0.5, 0.6) is 0 Å². The van der Waals surface area contributed by atoms with Crippen LogP contribution in [-0.2, 0) is 0 Å². The summed E-state index contributed by atoms with van der Waals surface area (Å²) in [4.78, 5) is 3.95. The maximum absolute atomic E-state index is 9.44. The Balaban J connectivity index is 4.39. The van der Waals surface area contributed by atoms with Gasteiger partial charge in [-0.1, -0.05) is 0 Å². The number of rotatable bonds is 5. The fourth-order valence-corrected chi connectivity index (χ4v) is 0.926. The third-order valence-corrected chi connectivity index (χ3v) is 1.90. The predicted octanol–water partition coefficient (Wildman–Crippen LogP) is -1.71. The molecule has 16 heavy (non-hydrogen) atoms. The van der Waals surface area contributed by atoms with Gasteiger partial charge < -0.3 is 25.5 Å². The molecule has 0 rings (SSSR count). The van der Waals surface area contributed by atoms with Crippen molar-refractivity contribution in [3.8, 4) is 0 Å². The van der Waals surface area contributed by atoms with Crippen LogP contribution < -0.4 is 0 Å². The van der Waals surface area contributed by atoms with Crippen molar-refractivity contribution in [3.63, 3.8) is 0 Å². The zero-order chi connectivity index (χ0) is 12.9. The van der Waals surface area contributed by atoms with E-state index in [1.54, 1.807) is 0 Å². The van der Waals surface area contributed by atoms with Crippen LogP contribution in [-0.4, -0.2) is 68.3 Å². The van der Waals surface area contributed by atoms with Crippen LogP contribution in [0.3, 0.4) is 0 Å². The molecule has 0 radical (unpaired) electrons. The Bertz CT molecular complexity index is 226. The van der Waals surface area contributed by atoms with Gasteiger partial charge in [0.15, 0.2) is 0 Å². The fraction of sp³-hybridized carbons (Fsp3) is 0.900. The molecular formula is C10H21NO5. The van der Waals surface area contributed by atoms with Gasteiger partial charge in [0.25, 0.3) is 0 Å². The minimum absolute atomic E-state index is 0.402. The molecule has 0 aromatic heterocycles. The molecule has 6 heteroatoms. The second kappa shape index (κ2) is 6.27. The molecule has 0 fully saturated rings. The lowest BCUT2D eigenvalue weighted by molar-refractivity contribution is -0.1000. The van der Waals surface area contributed by atoms with Gasteiger partial charge in [0.05, 0.1) is 12.1 Å². The second-order valence-corrected chi connectivity index (χ2v) is 4.67. The van der Waals surface area contributed by atoms with Gasteiger partial charge in [-0.25, -0.2) is 0 Å². The van der Waals surface area contributed by atoms with Crippen LogP contribution in [0.4, 0.5) is 0 Å². The van der Waals surface area contributed by atoms with Crippen LogP contribution in [0, 0.1) is 0 Å². The van der Waals surface area contributed by atoms with Gasteiger partial charge in [0.2, 0.25) is 0 Å². The minimum atomic E-state index is -1.62. The Morgan fingerprint density at radius 2 is 1.56 bits per heavy atom. The van der Waals surface area contributed by atoms with Crippen molar-refractivity contribution in [2.75, 3.05) is 6.61 Å². The quantitative estimate of drug-likeness (QED) is 0.364. The molecule has 0 bridgehead atoms. The van der Waals surface area contributed by atoms with Crippen LogP contribution in [0.2, 0.25) is 0 Å². The van der Waals surface area contributed by atoms with Crippen molar-refractivity contribution in [1.29, 1.82) is 0 Å². The summed E-state index contributed by atoms with van der Waals surface area (Å²) in [5, 5.41) is 45.8. The third-order valence-electron chi connectivity index (χ3n) is 1.90. The summed E-state index contributed by atoms with van der Waals surface area (Å²) >= 11 is 0. The van der Waals surface area contributed by atoms with E-state index >= 15 is 0 Å². The number of hydrogen-bond acceptors (Lipinski definition) is 6. The number of aliphatic hydroxyl groups excluding tert-OH is 5. The Labute approximate surface area is 94.9 Å². The zero-order valence-electron chi connectivity index (χ0n) is 9.78. The fourth-order valence-electron chi connectivity index (χ4n) is 0.926. The molecule has 0 aromatic rings. The molecule has 6 nitrogen and oxygen atoms in total. The maximum atomic E-state index is 9.44. The summed E-state index contributed by atoms with van der Waals surface area (Å²) in [5.74, 6) is 0. The lowest BCUT2D eigenvalue weighted by atomic mass is 10.0. The van der Waals surface area contributed by atoms with Gasteiger partial charge in [0.1, 0.15) is 24.4 Å². The molecule has 0 aliphatic rings.